The highest BCUT2D eigenvalue weighted by Gasteiger charge is 2.32. The Hall–Kier alpha value is -3.38. The molecule has 28 heavy (non-hydrogen) atoms. The number of hydrogen-bond acceptors (Lipinski definition) is 6. The molecule has 4 N–H and O–H groups in total. The van der Waals surface area contributed by atoms with Gasteiger partial charge in [-0.15, -0.1) is 0 Å². The van der Waals surface area contributed by atoms with Gasteiger partial charge >= 0.3 is 0 Å². The molecule has 3 aromatic rings. The number of aromatic hydroxyl groups is 3. The van der Waals surface area contributed by atoms with Gasteiger partial charge in [-0.1, -0.05) is 36.4 Å². The summed E-state index contributed by atoms with van der Waals surface area (Å²) >= 11 is 0. The Labute approximate surface area is 161 Å². The molecule has 6 nitrogen and oxygen atoms in total. The number of aliphatic hydroxyl groups excluding tert-OH is 1. The molecule has 6 heteroatoms. The molecule has 0 spiro atoms. The molecule has 3 aromatic carbocycles. The van der Waals surface area contributed by atoms with Crippen LogP contribution in [0.25, 0.3) is 0 Å². The van der Waals surface area contributed by atoms with Crippen LogP contribution in [0.5, 0.6) is 28.7 Å². The van der Waals surface area contributed by atoms with Gasteiger partial charge in [0.25, 0.3) is 0 Å². The first-order chi connectivity index (χ1) is 13.5. The Morgan fingerprint density at radius 1 is 0.893 bits per heavy atom. The summed E-state index contributed by atoms with van der Waals surface area (Å²) in [4.78, 5) is 0. The number of ether oxygens (including phenoxy) is 2. The van der Waals surface area contributed by atoms with Crippen molar-refractivity contribution in [2.75, 3.05) is 0 Å². The predicted octanol–water partition coefficient (Wildman–Crippen LogP) is 3.42. The summed E-state index contributed by atoms with van der Waals surface area (Å²) in [5.74, 6) is 0.312. The molecular formula is C22H20O6. The molecule has 0 fully saturated rings. The zero-order chi connectivity index (χ0) is 19.7. The van der Waals surface area contributed by atoms with E-state index in [-0.39, 0.29) is 23.7 Å². The molecule has 0 radical (unpaired) electrons. The molecule has 0 aromatic heterocycles. The molecule has 1 aliphatic rings. The standard InChI is InChI=1S/C22H20O6/c23-17-7-6-14(8-19(17)25)22-20(26)11-16-18(24)9-15(10-21(16)28-22)27-12-13-4-2-1-3-5-13/h1-10,20,22-26H,11-12H2/t20-,22?/m1/s1. The van der Waals surface area contributed by atoms with Gasteiger partial charge in [0.05, 0.1) is 6.10 Å². The first-order valence-corrected chi connectivity index (χ1v) is 8.90. The van der Waals surface area contributed by atoms with Crippen molar-refractivity contribution in [2.45, 2.75) is 25.2 Å². The van der Waals surface area contributed by atoms with Gasteiger partial charge in [0.1, 0.15) is 30.0 Å². The van der Waals surface area contributed by atoms with Gasteiger partial charge in [-0.25, -0.2) is 0 Å². The Morgan fingerprint density at radius 2 is 1.68 bits per heavy atom. The normalized spacial score (nSPS) is 18.2. The summed E-state index contributed by atoms with van der Waals surface area (Å²) in [6, 6.07) is 17.1. The van der Waals surface area contributed by atoms with Crippen molar-refractivity contribution < 1.29 is 29.9 Å². The molecule has 144 valence electrons. The zero-order valence-corrected chi connectivity index (χ0v) is 14.9. The van der Waals surface area contributed by atoms with Crippen molar-refractivity contribution in [2.24, 2.45) is 0 Å². The topological polar surface area (TPSA) is 99.4 Å². The minimum Gasteiger partial charge on any atom is -0.507 e. The Morgan fingerprint density at radius 3 is 2.43 bits per heavy atom. The van der Waals surface area contributed by atoms with E-state index in [0.29, 0.717) is 29.2 Å². The third-order valence-corrected chi connectivity index (χ3v) is 4.75. The molecule has 0 saturated heterocycles. The molecule has 4 rings (SSSR count). The second-order valence-electron chi connectivity index (χ2n) is 6.75. The van der Waals surface area contributed by atoms with Crippen LogP contribution in [0.4, 0.5) is 0 Å². The third kappa shape index (κ3) is 3.54. The van der Waals surface area contributed by atoms with Gasteiger partial charge in [0, 0.05) is 24.1 Å². The van der Waals surface area contributed by atoms with Crippen molar-refractivity contribution >= 4 is 0 Å². The van der Waals surface area contributed by atoms with Crippen LogP contribution < -0.4 is 9.47 Å². The number of fused-ring (bicyclic) bond motifs is 1. The Bertz CT molecular complexity index is 986. The lowest BCUT2D eigenvalue weighted by Crippen LogP contribution is -2.30. The van der Waals surface area contributed by atoms with Gasteiger partial charge in [-0.3, -0.25) is 0 Å². The maximum absolute atomic E-state index is 10.5. The van der Waals surface area contributed by atoms with Crippen LogP contribution in [0.1, 0.15) is 22.8 Å². The number of rotatable bonds is 4. The van der Waals surface area contributed by atoms with E-state index >= 15 is 0 Å². The van der Waals surface area contributed by atoms with E-state index < -0.39 is 12.2 Å². The number of hydrogen-bond donors (Lipinski definition) is 4. The molecule has 0 aliphatic carbocycles. The smallest absolute Gasteiger partial charge is 0.157 e. The summed E-state index contributed by atoms with van der Waals surface area (Å²) in [6.45, 7) is 0.344. The van der Waals surface area contributed by atoms with Crippen LogP contribution in [-0.4, -0.2) is 26.5 Å². The molecule has 1 heterocycles. The molecule has 1 aliphatic heterocycles. The van der Waals surface area contributed by atoms with Crippen LogP contribution in [0, 0.1) is 0 Å². The van der Waals surface area contributed by atoms with E-state index in [9.17, 15) is 20.4 Å². The number of aliphatic hydroxyl groups is 1. The van der Waals surface area contributed by atoms with Crippen LogP contribution in [0.15, 0.2) is 60.7 Å². The number of benzene rings is 3. The lowest BCUT2D eigenvalue weighted by atomic mass is 9.94. The highest BCUT2D eigenvalue weighted by Crippen LogP contribution is 2.43. The lowest BCUT2D eigenvalue weighted by molar-refractivity contribution is 0.0196. The molecule has 0 saturated carbocycles. The van der Waals surface area contributed by atoms with Gasteiger partial charge in [-0.05, 0) is 23.3 Å². The summed E-state index contributed by atoms with van der Waals surface area (Å²) in [7, 11) is 0. The van der Waals surface area contributed by atoms with Crippen molar-refractivity contribution in [3.8, 4) is 28.7 Å². The fraction of sp³-hybridized carbons (Fsp3) is 0.182. The van der Waals surface area contributed by atoms with Crippen LogP contribution in [-0.2, 0) is 13.0 Å². The Balaban J connectivity index is 1.58. The van der Waals surface area contributed by atoms with Gasteiger partial charge < -0.3 is 29.9 Å². The second-order valence-corrected chi connectivity index (χ2v) is 6.75. The molecule has 1 unspecified atom stereocenters. The van der Waals surface area contributed by atoms with Gasteiger partial charge in [-0.2, -0.15) is 0 Å². The van der Waals surface area contributed by atoms with E-state index in [2.05, 4.69) is 0 Å². The summed E-state index contributed by atoms with van der Waals surface area (Å²) in [5.41, 5.74) is 2.01. The maximum atomic E-state index is 10.5. The first-order valence-electron chi connectivity index (χ1n) is 8.90. The van der Waals surface area contributed by atoms with Crippen molar-refractivity contribution in [3.63, 3.8) is 0 Å². The van der Waals surface area contributed by atoms with E-state index in [1.54, 1.807) is 12.1 Å². The van der Waals surface area contributed by atoms with Crippen LogP contribution in [0.2, 0.25) is 0 Å². The third-order valence-electron chi connectivity index (χ3n) is 4.75. The average molecular weight is 380 g/mol. The van der Waals surface area contributed by atoms with Crippen molar-refractivity contribution in [1.82, 2.24) is 0 Å². The molecule has 2 atom stereocenters. The quantitative estimate of drug-likeness (QED) is 0.518. The highest BCUT2D eigenvalue weighted by molar-refractivity contribution is 5.52. The molecule has 0 amide bonds. The minimum absolute atomic E-state index is 0.00776. The van der Waals surface area contributed by atoms with E-state index in [1.807, 2.05) is 30.3 Å². The average Bonchev–Trinajstić information content (AvgIpc) is 2.69. The largest absolute Gasteiger partial charge is 0.507 e. The van der Waals surface area contributed by atoms with Crippen LogP contribution in [0.3, 0.4) is 0 Å². The van der Waals surface area contributed by atoms with Crippen molar-refractivity contribution in [1.29, 1.82) is 0 Å². The van der Waals surface area contributed by atoms with E-state index in [0.717, 1.165) is 5.56 Å². The Kier molecular flexibility index (Phi) is 4.71. The first kappa shape index (κ1) is 18.0. The number of phenolic OH excluding ortho intramolecular Hbond substituents is 3. The maximum Gasteiger partial charge on any atom is 0.157 e. The van der Waals surface area contributed by atoms with E-state index in [1.165, 1.54) is 18.2 Å². The van der Waals surface area contributed by atoms with Gasteiger partial charge in [0.2, 0.25) is 0 Å². The summed E-state index contributed by atoms with van der Waals surface area (Å²) in [5, 5.41) is 40.0. The second kappa shape index (κ2) is 7.32. The van der Waals surface area contributed by atoms with Gasteiger partial charge in [0.15, 0.2) is 11.5 Å². The monoisotopic (exact) mass is 380 g/mol. The molecular weight excluding hydrogens is 360 g/mol. The lowest BCUT2D eigenvalue weighted by Gasteiger charge is -2.31. The van der Waals surface area contributed by atoms with Crippen LogP contribution >= 0.6 is 0 Å². The SMILES string of the molecule is Oc1ccc(C2Oc3cc(OCc4ccccc4)cc(O)c3C[C@H]2O)cc1O. The highest BCUT2D eigenvalue weighted by atomic mass is 16.5. The minimum atomic E-state index is -0.918. The summed E-state index contributed by atoms with van der Waals surface area (Å²) in [6.07, 6.45) is -1.48. The number of phenols is 3. The fourth-order valence-electron chi connectivity index (χ4n) is 3.28. The van der Waals surface area contributed by atoms with E-state index in [4.69, 9.17) is 9.47 Å². The molecule has 0 bridgehead atoms. The summed E-state index contributed by atoms with van der Waals surface area (Å²) < 4.78 is 11.7. The van der Waals surface area contributed by atoms with Crippen molar-refractivity contribution in [3.05, 3.63) is 77.4 Å². The fourth-order valence-corrected chi connectivity index (χ4v) is 3.28. The predicted molar refractivity (Wildman–Crippen MR) is 102 cm³/mol. The zero-order valence-electron chi connectivity index (χ0n) is 14.9.